The van der Waals surface area contributed by atoms with Gasteiger partial charge in [0.1, 0.15) is 6.04 Å². The Morgan fingerprint density at radius 3 is 2.44 bits per heavy atom. The summed E-state index contributed by atoms with van der Waals surface area (Å²) in [5, 5.41) is 11.0. The third-order valence-corrected chi connectivity index (χ3v) is 4.73. The van der Waals surface area contributed by atoms with Crippen LogP contribution in [0.1, 0.15) is 11.6 Å². The number of nitrogens with one attached hydrogen (secondary N) is 1. The number of fused-ring (bicyclic) bond motifs is 1. The molecule has 1 fully saturated rings. The van der Waals surface area contributed by atoms with E-state index < -0.39 is 12.0 Å². The van der Waals surface area contributed by atoms with E-state index in [0.29, 0.717) is 26.3 Å². The largest absolute Gasteiger partial charge is 0.480 e. The molecule has 25 heavy (non-hydrogen) atoms. The zero-order valence-corrected chi connectivity index (χ0v) is 13.8. The predicted molar refractivity (Wildman–Crippen MR) is 96.5 cm³/mol. The molecule has 1 aliphatic rings. The number of H-pyrrole nitrogens is 1. The Bertz CT molecular complexity index is 882. The molecule has 1 aromatic heterocycles. The highest BCUT2D eigenvalue weighted by molar-refractivity contribution is 5.95. The lowest BCUT2D eigenvalue weighted by Crippen LogP contribution is -2.42. The summed E-state index contributed by atoms with van der Waals surface area (Å²) in [6.45, 7) is 2.36. The highest BCUT2D eigenvalue weighted by Gasteiger charge is 2.33. The van der Waals surface area contributed by atoms with Crippen LogP contribution in [0.4, 0.5) is 0 Å². The number of carboxylic acids is 1. The number of carboxylic acid groups (broad SMARTS) is 1. The van der Waals surface area contributed by atoms with Crippen molar-refractivity contribution in [3.05, 3.63) is 60.2 Å². The molecule has 5 heteroatoms. The van der Waals surface area contributed by atoms with Crippen molar-refractivity contribution in [2.45, 2.75) is 6.04 Å². The summed E-state index contributed by atoms with van der Waals surface area (Å²) in [5.74, 6) is -0.830. The molecule has 2 N–H and O–H groups in total. The number of carbonyl (C=O) groups is 1. The van der Waals surface area contributed by atoms with Gasteiger partial charge in [-0.2, -0.15) is 0 Å². The molecule has 0 bridgehead atoms. The van der Waals surface area contributed by atoms with Crippen LogP contribution < -0.4 is 0 Å². The first-order valence-corrected chi connectivity index (χ1v) is 8.46. The van der Waals surface area contributed by atoms with Gasteiger partial charge in [0.25, 0.3) is 0 Å². The lowest BCUT2D eigenvalue weighted by Gasteiger charge is -2.32. The quantitative estimate of drug-likeness (QED) is 0.767. The van der Waals surface area contributed by atoms with Gasteiger partial charge in [0.15, 0.2) is 0 Å². The molecule has 0 saturated carbocycles. The molecule has 1 atom stereocenters. The Hall–Kier alpha value is -2.63. The van der Waals surface area contributed by atoms with Gasteiger partial charge in [-0.25, -0.2) is 0 Å². The lowest BCUT2D eigenvalue weighted by molar-refractivity contribution is -0.145. The van der Waals surface area contributed by atoms with Crippen LogP contribution in [0.15, 0.2) is 54.6 Å². The fourth-order valence-electron chi connectivity index (χ4n) is 3.58. The monoisotopic (exact) mass is 336 g/mol. The van der Waals surface area contributed by atoms with Crippen LogP contribution in [0.2, 0.25) is 0 Å². The summed E-state index contributed by atoms with van der Waals surface area (Å²) >= 11 is 0. The molecule has 128 valence electrons. The summed E-state index contributed by atoms with van der Waals surface area (Å²) < 4.78 is 5.41. The van der Waals surface area contributed by atoms with Crippen molar-refractivity contribution < 1.29 is 14.6 Å². The predicted octanol–water partition coefficient (Wildman–Crippen LogP) is 3.29. The second kappa shape index (κ2) is 6.70. The number of benzene rings is 2. The number of ether oxygens (including phenoxy) is 1. The van der Waals surface area contributed by atoms with E-state index in [0.717, 1.165) is 27.7 Å². The van der Waals surface area contributed by atoms with E-state index >= 15 is 0 Å². The molecule has 0 unspecified atom stereocenters. The van der Waals surface area contributed by atoms with E-state index in [9.17, 15) is 9.90 Å². The van der Waals surface area contributed by atoms with Gasteiger partial charge in [0, 0.05) is 29.6 Å². The van der Waals surface area contributed by atoms with Crippen molar-refractivity contribution in [2.75, 3.05) is 26.3 Å². The topological polar surface area (TPSA) is 65.6 Å². The van der Waals surface area contributed by atoms with Crippen LogP contribution in [0.3, 0.4) is 0 Å². The van der Waals surface area contributed by atoms with Crippen LogP contribution in [-0.2, 0) is 9.53 Å². The number of aliphatic carboxylic acids is 1. The first-order valence-electron chi connectivity index (χ1n) is 8.46. The molecule has 0 amide bonds. The summed E-state index contributed by atoms with van der Waals surface area (Å²) in [7, 11) is 0. The molecule has 0 aliphatic carbocycles. The van der Waals surface area contributed by atoms with Gasteiger partial charge < -0.3 is 14.8 Å². The van der Waals surface area contributed by atoms with Crippen molar-refractivity contribution in [3.63, 3.8) is 0 Å². The van der Waals surface area contributed by atoms with Gasteiger partial charge in [-0.05, 0) is 11.6 Å². The number of morpholine rings is 1. The van der Waals surface area contributed by atoms with Crippen molar-refractivity contribution in [2.24, 2.45) is 0 Å². The Morgan fingerprint density at radius 2 is 1.72 bits per heavy atom. The second-order valence-electron chi connectivity index (χ2n) is 6.21. The molecule has 2 aromatic carbocycles. The first kappa shape index (κ1) is 15.9. The van der Waals surface area contributed by atoms with Crippen LogP contribution in [-0.4, -0.2) is 47.3 Å². The van der Waals surface area contributed by atoms with Crippen molar-refractivity contribution in [3.8, 4) is 11.3 Å². The average Bonchev–Trinajstić information content (AvgIpc) is 3.03. The van der Waals surface area contributed by atoms with E-state index in [2.05, 4.69) is 4.98 Å². The molecular formula is C20H20N2O3. The van der Waals surface area contributed by atoms with Gasteiger partial charge >= 0.3 is 5.97 Å². The fraction of sp³-hybridized carbons (Fsp3) is 0.250. The molecule has 5 nitrogen and oxygen atoms in total. The van der Waals surface area contributed by atoms with E-state index in [1.807, 2.05) is 59.5 Å². The number of hydrogen-bond donors (Lipinski definition) is 2. The van der Waals surface area contributed by atoms with E-state index in [1.54, 1.807) is 0 Å². The maximum absolute atomic E-state index is 12.2. The Labute approximate surface area is 145 Å². The third kappa shape index (κ3) is 2.92. The number of para-hydroxylation sites is 1. The van der Waals surface area contributed by atoms with Gasteiger partial charge in [0.2, 0.25) is 0 Å². The summed E-state index contributed by atoms with van der Waals surface area (Å²) in [6, 6.07) is 17.1. The number of hydrogen-bond acceptors (Lipinski definition) is 3. The maximum Gasteiger partial charge on any atom is 0.325 e. The normalized spacial score (nSPS) is 16.8. The standard InChI is InChI=1S/C20H20N2O3/c23-20(24)19(22-10-12-25-13-11-22)17-15-8-4-5-9-16(15)21-18(17)14-6-2-1-3-7-14/h1-9,19,21H,10-13H2,(H,23,24)/t19-/m1/s1. The van der Waals surface area contributed by atoms with Gasteiger partial charge in [0.05, 0.1) is 18.9 Å². The van der Waals surface area contributed by atoms with Gasteiger partial charge in [-0.1, -0.05) is 48.5 Å². The number of aromatic nitrogens is 1. The molecule has 1 aliphatic heterocycles. The highest BCUT2D eigenvalue weighted by Crippen LogP contribution is 2.37. The molecule has 0 spiro atoms. The second-order valence-corrected chi connectivity index (χ2v) is 6.21. The lowest BCUT2D eigenvalue weighted by atomic mass is 9.97. The number of nitrogens with zero attached hydrogens (tertiary/aromatic N) is 1. The van der Waals surface area contributed by atoms with Crippen LogP contribution >= 0.6 is 0 Å². The Kier molecular flexibility index (Phi) is 4.26. The van der Waals surface area contributed by atoms with Crippen molar-refractivity contribution in [1.82, 2.24) is 9.88 Å². The summed E-state index contributed by atoms with van der Waals surface area (Å²) in [5.41, 5.74) is 3.65. The zero-order valence-electron chi connectivity index (χ0n) is 13.8. The summed E-state index contributed by atoms with van der Waals surface area (Å²) in [6.07, 6.45) is 0. The number of aromatic amines is 1. The SMILES string of the molecule is O=C(O)[C@@H](c1c(-c2ccccc2)[nH]c2ccccc12)N1CCOCC1. The van der Waals surface area contributed by atoms with Crippen molar-refractivity contribution in [1.29, 1.82) is 0 Å². The maximum atomic E-state index is 12.2. The van der Waals surface area contributed by atoms with E-state index in [4.69, 9.17) is 4.74 Å². The van der Waals surface area contributed by atoms with E-state index in [-0.39, 0.29) is 0 Å². The average molecular weight is 336 g/mol. The molecule has 4 rings (SSSR count). The minimum atomic E-state index is -0.830. The minimum absolute atomic E-state index is 0.562. The summed E-state index contributed by atoms with van der Waals surface area (Å²) in [4.78, 5) is 17.7. The van der Waals surface area contributed by atoms with Crippen molar-refractivity contribution >= 4 is 16.9 Å². The molecule has 1 saturated heterocycles. The Balaban J connectivity index is 1.93. The highest BCUT2D eigenvalue weighted by atomic mass is 16.5. The smallest absolute Gasteiger partial charge is 0.325 e. The zero-order chi connectivity index (χ0) is 17.2. The third-order valence-electron chi connectivity index (χ3n) is 4.73. The molecule has 2 heterocycles. The van der Waals surface area contributed by atoms with Gasteiger partial charge in [-0.15, -0.1) is 0 Å². The van der Waals surface area contributed by atoms with Crippen LogP contribution in [0.25, 0.3) is 22.2 Å². The first-order chi connectivity index (χ1) is 12.3. The fourth-order valence-corrected chi connectivity index (χ4v) is 3.58. The van der Waals surface area contributed by atoms with E-state index in [1.165, 1.54) is 0 Å². The van der Waals surface area contributed by atoms with Crippen LogP contribution in [0.5, 0.6) is 0 Å². The molecule has 3 aromatic rings. The Morgan fingerprint density at radius 1 is 1.04 bits per heavy atom. The van der Waals surface area contributed by atoms with Gasteiger partial charge in [-0.3, -0.25) is 9.69 Å². The molecule has 0 radical (unpaired) electrons. The minimum Gasteiger partial charge on any atom is -0.480 e. The van der Waals surface area contributed by atoms with Crippen LogP contribution in [0, 0.1) is 0 Å². The number of rotatable bonds is 4. The molecular weight excluding hydrogens is 316 g/mol.